The highest BCUT2D eigenvalue weighted by atomic mass is 79.9. The van der Waals surface area contributed by atoms with Gasteiger partial charge in [-0.3, -0.25) is 9.59 Å². The van der Waals surface area contributed by atoms with Crippen LogP contribution in [0.1, 0.15) is 63.1 Å². The quantitative estimate of drug-likeness (QED) is 0.435. The van der Waals surface area contributed by atoms with Crippen LogP contribution < -0.4 is 10.1 Å². The Balaban J connectivity index is 2.20. The van der Waals surface area contributed by atoms with Gasteiger partial charge in [0.15, 0.2) is 6.61 Å². The molecule has 6 heteroatoms. The van der Waals surface area contributed by atoms with Crippen molar-refractivity contribution in [2.24, 2.45) is 0 Å². The first-order valence-corrected chi connectivity index (χ1v) is 12.1. The highest BCUT2D eigenvalue weighted by Crippen LogP contribution is 2.29. The molecule has 174 valence electrons. The number of hydrogen-bond donors (Lipinski definition) is 1. The molecule has 0 aromatic heterocycles. The number of ether oxygens (including phenoxy) is 1. The smallest absolute Gasteiger partial charge is 0.261 e. The Morgan fingerprint density at radius 1 is 1.09 bits per heavy atom. The third-order valence-corrected chi connectivity index (χ3v) is 6.00. The molecule has 1 atom stereocenters. The summed E-state index contributed by atoms with van der Waals surface area (Å²) in [7, 11) is 0. The summed E-state index contributed by atoms with van der Waals surface area (Å²) in [5, 5.41) is 2.93. The average molecular weight is 503 g/mol. The Hall–Kier alpha value is -2.34. The number of hydrogen-bond acceptors (Lipinski definition) is 3. The number of halogens is 1. The standard InChI is InChI=1S/C26H35BrN2O3/c1-6-14-28-26(31)23(7-2)29(16-20-10-8-19(5)9-11-20)25(30)17-32-24-13-12-21(18(3)4)15-22(24)27/h8-13,15,18,23H,6-7,14,16-17H2,1-5H3,(H,28,31)/t23-/m1/s1. The molecule has 0 aliphatic heterocycles. The zero-order chi connectivity index (χ0) is 23.7. The summed E-state index contributed by atoms with van der Waals surface area (Å²) in [5.74, 6) is 0.668. The minimum absolute atomic E-state index is 0.128. The van der Waals surface area contributed by atoms with Gasteiger partial charge in [-0.15, -0.1) is 0 Å². The first kappa shape index (κ1) is 25.9. The van der Waals surface area contributed by atoms with Crippen molar-refractivity contribution >= 4 is 27.7 Å². The van der Waals surface area contributed by atoms with E-state index in [-0.39, 0.29) is 18.4 Å². The van der Waals surface area contributed by atoms with Crippen LogP contribution in [0.15, 0.2) is 46.9 Å². The third kappa shape index (κ3) is 7.37. The maximum atomic E-state index is 13.3. The fraction of sp³-hybridized carbons (Fsp3) is 0.462. The molecule has 0 saturated heterocycles. The second kappa shape index (κ2) is 12.6. The summed E-state index contributed by atoms with van der Waals surface area (Å²) < 4.78 is 6.67. The third-order valence-electron chi connectivity index (χ3n) is 5.38. The average Bonchev–Trinajstić information content (AvgIpc) is 2.77. The molecule has 0 spiro atoms. The van der Waals surface area contributed by atoms with Crippen molar-refractivity contribution in [3.05, 3.63) is 63.6 Å². The molecule has 5 nitrogen and oxygen atoms in total. The summed E-state index contributed by atoms with van der Waals surface area (Å²) >= 11 is 3.54. The molecule has 0 aliphatic rings. The number of carbonyl (C=O) groups excluding carboxylic acids is 2. The van der Waals surface area contributed by atoms with Gasteiger partial charge >= 0.3 is 0 Å². The second-order valence-corrected chi connectivity index (χ2v) is 9.21. The van der Waals surface area contributed by atoms with E-state index in [9.17, 15) is 9.59 Å². The number of nitrogens with one attached hydrogen (secondary N) is 1. The predicted octanol–water partition coefficient (Wildman–Crippen LogP) is 5.59. The summed E-state index contributed by atoms with van der Waals surface area (Å²) in [4.78, 5) is 27.7. The van der Waals surface area contributed by atoms with Crippen LogP contribution in [0.2, 0.25) is 0 Å². The molecule has 0 fully saturated rings. The molecule has 0 bridgehead atoms. The van der Waals surface area contributed by atoms with Gasteiger partial charge in [0, 0.05) is 13.1 Å². The van der Waals surface area contributed by atoms with E-state index in [0.717, 1.165) is 22.0 Å². The highest BCUT2D eigenvalue weighted by Gasteiger charge is 2.28. The van der Waals surface area contributed by atoms with Gasteiger partial charge in [-0.05, 0) is 64.9 Å². The van der Waals surface area contributed by atoms with Gasteiger partial charge in [-0.1, -0.05) is 63.6 Å². The number of benzene rings is 2. The molecular weight excluding hydrogens is 468 g/mol. The number of rotatable bonds is 11. The van der Waals surface area contributed by atoms with E-state index in [2.05, 4.69) is 35.1 Å². The second-order valence-electron chi connectivity index (χ2n) is 8.36. The van der Waals surface area contributed by atoms with Gasteiger partial charge in [-0.25, -0.2) is 0 Å². The number of amides is 2. The molecule has 32 heavy (non-hydrogen) atoms. The maximum absolute atomic E-state index is 13.3. The molecule has 1 N–H and O–H groups in total. The summed E-state index contributed by atoms with van der Waals surface area (Å²) in [6, 6.07) is 13.4. The van der Waals surface area contributed by atoms with Gasteiger partial charge in [0.1, 0.15) is 11.8 Å². The minimum atomic E-state index is -0.550. The van der Waals surface area contributed by atoms with E-state index in [1.54, 1.807) is 4.90 Å². The number of nitrogens with zero attached hydrogens (tertiary/aromatic N) is 1. The molecular formula is C26H35BrN2O3. The molecule has 0 radical (unpaired) electrons. The summed E-state index contributed by atoms with van der Waals surface area (Å²) in [6.07, 6.45) is 1.37. The van der Waals surface area contributed by atoms with Gasteiger partial charge < -0.3 is 15.0 Å². The molecule has 0 saturated carbocycles. The molecule has 2 amide bonds. The predicted molar refractivity (Wildman–Crippen MR) is 133 cm³/mol. The molecule has 0 heterocycles. The monoisotopic (exact) mass is 502 g/mol. The van der Waals surface area contributed by atoms with E-state index in [1.807, 2.05) is 63.2 Å². The van der Waals surface area contributed by atoms with E-state index in [1.165, 1.54) is 5.56 Å². The Morgan fingerprint density at radius 3 is 2.34 bits per heavy atom. The van der Waals surface area contributed by atoms with E-state index >= 15 is 0 Å². The summed E-state index contributed by atoms with van der Waals surface area (Å²) in [5.41, 5.74) is 3.32. The largest absolute Gasteiger partial charge is 0.483 e. The lowest BCUT2D eigenvalue weighted by Crippen LogP contribution is -2.50. The molecule has 0 unspecified atom stereocenters. The normalized spacial score (nSPS) is 11.8. The van der Waals surface area contributed by atoms with Gasteiger partial charge in [0.2, 0.25) is 5.91 Å². The van der Waals surface area contributed by atoms with Crippen molar-refractivity contribution in [2.45, 2.75) is 66.0 Å². The zero-order valence-corrected chi connectivity index (χ0v) is 21.4. The Bertz CT molecular complexity index is 896. The Labute approximate surface area is 200 Å². The van der Waals surface area contributed by atoms with Crippen LogP contribution in [-0.4, -0.2) is 35.9 Å². The van der Waals surface area contributed by atoms with Crippen LogP contribution in [0.4, 0.5) is 0 Å². The van der Waals surface area contributed by atoms with Gasteiger partial charge in [0.25, 0.3) is 5.91 Å². The fourth-order valence-corrected chi connectivity index (χ4v) is 3.90. The Morgan fingerprint density at radius 2 is 1.78 bits per heavy atom. The van der Waals surface area contributed by atoms with Crippen LogP contribution in [-0.2, 0) is 16.1 Å². The van der Waals surface area contributed by atoms with Crippen LogP contribution >= 0.6 is 15.9 Å². The van der Waals surface area contributed by atoms with Crippen molar-refractivity contribution < 1.29 is 14.3 Å². The SMILES string of the molecule is CCCNC(=O)[C@@H](CC)N(Cc1ccc(C)cc1)C(=O)COc1ccc(C(C)C)cc1Br. The minimum Gasteiger partial charge on any atom is -0.483 e. The van der Waals surface area contributed by atoms with E-state index < -0.39 is 6.04 Å². The summed E-state index contributed by atoms with van der Waals surface area (Å²) in [6.45, 7) is 11.0. The van der Waals surface area contributed by atoms with Crippen LogP contribution in [0.5, 0.6) is 5.75 Å². The van der Waals surface area contributed by atoms with Crippen LogP contribution in [0.25, 0.3) is 0 Å². The first-order chi connectivity index (χ1) is 15.3. The number of aryl methyl sites for hydroxylation is 1. The van der Waals surface area contributed by atoms with Crippen LogP contribution in [0.3, 0.4) is 0 Å². The van der Waals surface area contributed by atoms with E-state index in [4.69, 9.17) is 4.74 Å². The first-order valence-electron chi connectivity index (χ1n) is 11.3. The number of carbonyl (C=O) groups is 2. The lowest BCUT2D eigenvalue weighted by atomic mass is 10.0. The fourth-order valence-electron chi connectivity index (χ4n) is 3.39. The van der Waals surface area contributed by atoms with Crippen molar-refractivity contribution in [3.63, 3.8) is 0 Å². The highest BCUT2D eigenvalue weighted by molar-refractivity contribution is 9.10. The topological polar surface area (TPSA) is 58.6 Å². The van der Waals surface area contributed by atoms with Crippen molar-refractivity contribution in [1.82, 2.24) is 10.2 Å². The molecule has 2 aromatic rings. The Kier molecular flexibility index (Phi) is 10.2. The lowest BCUT2D eigenvalue weighted by molar-refractivity contribution is -0.143. The van der Waals surface area contributed by atoms with Crippen molar-refractivity contribution in [2.75, 3.05) is 13.2 Å². The van der Waals surface area contributed by atoms with Gasteiger partial charge in [0.05, 0.1) is 4.47 Å². The zero-order valence-electron chi connectivity index (χ0n) is 19.8. The molecule has 0 aliphatic carbocycles. The maximum Gasteiger partial charge on any atom is 0.261 e. The van der Waals surface area contributed by atoms with Gasteiger partial charge in [-0.2, -0.15) is 0 Å². The van der Waals surface area contributed by atoms with Crippen LogP contribution in [0, 0.1) is 6.92 Å². The van der Waals surface area contributed by atoms with E-state index in [0.29, 0.717) is 31.2 Å². The van der Waals surface area contributed by atoms with Crippen molar-refractivity contribution in [1.29, 1.82) is 0 Å². The lowest BCUT2D eigenvalue weighted by Gasteiger charge is -2.30. The molecule has 2 rings (SSSR count). The molecule has 2 aromatic carbocycles. The van der Waals surface area contributed by atoms with Crippen molar-refractivity contribution in [3.8, 4) is 5.75 Å².